The average molecular weight is 323 g/mol. The second-order valence-corrected chi connectivity index (χ2v) is 5.28. The zero-order valence-electron chi connectivity index (χ0n) is 10.7. The van der Waals surface area contributed by atoms with Gasteiger partial charge < -0.3 is 10.6 Å². The van der Waals surface area contributed by atoms with E-state index in [4.69, 9.17) is 5.73 Å². The number of nitrogens with zero attached hydrogens (tertiary/aromatic N) is 1. The van der Waals surface area contributed by atoms with Gasteiger partial charge in [-0.3, -0.25) is 0 Å². The van der Waals surface area contributed by atoms with Gasteiger partial charge in [-0.15, -0.1) is 0 Å². The van der Waals surface area contributed by atoms with Crippen molar-refractivity contribution in [3.63, 3.8) is 0 Å². The van der Waals surface area contributed by atoms with Crippen LogP contribution in [0.2, 0.25) is 0 Å². The van der Waals surface area contributed by atoms with Gasteiger partial charge in [0.15, 0.2) is 0 Å². The summed E-state index contributed by atoms with van der Waals surface area (Å²) in [5, 5.41) is 0. The van der Waals surface area contributed by atoms with E-state index < -0.39 is 0 Å². The quantitative estimate of drug-likeness (QED) is 0.929. The zero-order chi connectivity index (χ0) is 13.8. The summed E-state index contributed by atoms with van der Waals surface area (Å²) in [5.41, 5.74) is 7.48. The van der Waals surface area contributed by atoms with Crippen LogP contribution in [0.5, 0.6) is 0 Å². The van der Waals surface area contributed by atoms with E-state index in [0.29, 0.717) is 12.2 Å². The Bertz CT molecular complexity index is 559. The number of anilines is 1. The Morgan fingerprint density at radius 1 is 1.21 bits per heavy atom. The van der Waals surface area contributed by atoms with E-state index in [1.165, 1.54) is 6.07 Å². The number of nitrogens with two attached hydrogens (primary N) is 1. The van der Waals surface area contributed by atoms with Crippen LogP contribution in [-0.2, 0) is 0 Å². The highest BCUT2D eigenvalue weighted by atomic mass is 79.9. The summed E-state index contributed by atoms with van der Waals surface area (Å²) >= 11 is 3.45. The third-order valence-electron chi connectivity index (χ3n) is 3.16. The van der Waals surface area contributed by atoms with Gasteiger partial charge in [-0.1, -0.05) is 40.2 Å². The Morgan fingerprint density at radius 3 is 2.58 bits per heavy atom. The SMILES string of the molecule is CN(c1ccccc1F)C(CN)c1cccc(Br)c1. The molecule has 2 N–H and O–H groups in total. The third kappa shape index (κ3) is 3.14. The fraction of sp³-hybridized carbons (Fsp3) is 0.200. The minimum absolute atomic E-state index is 0.0607. The molecule has 2 aromatic rings. The molecule has 2 nitrogen and oxygen atoms in total. The summed E-state index contributed by atoms with van der Waals surface area (Å²) in [5.74, 6) is -0.238. The van der Waals surface area contributed by atoms with Gasteiger partial charge in [0.25, 0.3) is 0 Å². The van der Waals surface area contributed by atoms with E-state index in [2.05, 4.69) is 15.9 Å². The Morgan fingerprint density at radius 2 is 1.95 bits per heavy atom. The van der Waals surface area contributed by atoms with Crippen molar-refractivity contribution in [3.05, 3.63) is 64.4 Å². The summed E-state index contributed by atoms with van der Waals surface area (Å²) in [6.07, 6.45) is 0. The molecule has 0 aromatic heterocycles. The maximum absolute atomic E-state index is 13.8. The number of halogens is 2. The summed E-state index contributed by atoms with van der Waals surface area (Å²) in [6, 6.07) is 14.6. The molecule has 0 fully saturated rings. The molecule has 19 heavy (non-hydrogen) atoms. The highest BCUT2D eigenvalue weighted by Gasteiger charge is 2.18. The first-order valence-electron chi connectivity index (χ1n) is 6.06. The van der Waals surface area contributed by atoms with Gasteiger partial charge in [0.2, 0.25) is 0 Å². The summed E-state index contributed by atoms with van der Waals surface area (Å²) in [7, 11) is 1.86. The fourth-order valence-electron chi connectivity index (χ4n) is 2.14. The molecule has 0 saturated heterocycles. The van der Waals surface area contributed by atoms with Crippen molar-refractivity contribution in [1.82, 2.24) is 0 Å². The average Bonchev–Trinajstić information content (AvgIpc) is 2.40. The number of benzene rings is 2. The first kappa shape index (κ1) is 14.0. The fourth-order valence-corrected chi connectivity index (χ4v) is 2.55. The van der Waals surface area contributed by atoms with Crippen LogP contribution in [0.1, 0.15) is 11.6 Å². The number of likely N-dealkylation sites (N-methyl/N-ethyl adjacent to an activating group) is 1. The molecule has 1 atom stereocenters. The molecule has 0 amide bonds. The molecule has 0 radical (unpaired) electrons. The van der Waals surface area contributed by atoms with E-state index in [0.717, 1.165) is 10.0 Å². The Labute approximate surface area is 121 Å². The third-order valence-corrected chi connectivity index (χ3v) is 3.65. The standard InChI is InChI=1S/C15H16BrFN2/c1-19(14-8-3-2-7-13(14)17)15(10-18)11-5-4-6-12(16)9-11/h2-9,15H,10,18H2,1H3. The lowest BCUT2D eigenvalue weighted by atomic mass is 10.1. The van der Waals surface area contributed by atoms with Gasteiger partial charge in [-0.25, -0.2) is 4.39 Å². The van der Waals surface area contributed by atoms with Gasteiger partial charge in [0.05, 0.1) is 11.7 Å². The van der Waals surface area contributed by atoms with E-state index in [-0.39, 0.29) is 11.9 Å². The van der Waals surface area contributed by atoms with Gasteiger partial charge in [-0.2, -0.15) is 0 Å². The topological polar surface area (TPSA) is 29.3 Å². The van der Waals surface area contributed by atoms with Crippen molar-refractivity contribution in [1.29, 1.82) is 0 Å². The molecule has 1 unspecified atom stereocenters. The predicted octanol–water partition coefficient (Wildman–Crippen LogP) is 3.72. The number of hydrogen-bond acceptors (Lipinski definition) is 2. The van der Waals surface area contributed by atoms with E-state index in [1.54, 1.807) is 12.1 Å². The van der Waals surface area contributed by atoms with Gasteiger partial charge >= 0.3 is 0 Å². The van der Waals surface area contributed by atoms with Crippen LogP contribution in [0.4, 0.5) is 10.1 Å². The van der Waals surface area contributed by atoms with E-state index >= 15 is 0 Å². The lowest BCUT2D eigenvalue weighted by Crippen LogP contribution is -2.31. The maximum Gasteiger partial charge on any atom is 0.146 e. The maximum atomic E-state index is 13.8. The van der Waals surface area contributed by atoms with Crippen molar-refractivity contribution < 1.29 is 4.39 Å². The van der Waals surface area contributed by atoms with Crippen LogP contribution in [0, 0.1) is 5.82 Å². The molecule has 0 saturated carbocycles. The van der Waals surface area contributed by atoms with Crippen LogP contribution in [0.3, 0.4) is 0 Å². The van der Waals surface area contributed by atoms with Crippen LogP contribution >= 0.6 is 15.9 Å². The van der Waals surface area contributed by atoms with E-state index in [1.807, 2.05) is 42.3 Å². The highest BCUT2D eigenvalue weighted by molar-refractivity contribution is 9.10. The van der Waals surface area contributed by atoms with E-state index in [9.17, 15) is 4.39 Å². The lowest BCUT2D eigenvalue weighted by molar-refractivity contribution is 0.603. The molecule has 0 bridgehead atoms. The molecule has 0 heterocycles. The number of rotatable bonds is 4. The van der Waals surface area contributed by atoms with Crippen molar-refractivity contribution in [2.24, 2.45) is 5.73 Å². The molecular weight excluding hydrogens is 307 g/mol. The minimum atomic E-state index is -0.238. The molecule has 0 aliphatic carbocycles. The normalized spacial score (nSPS) is 12.2. The Hall–Kier alpha value is -1.39. The minimum Gasteiger partial charge on any atom is -0.364 e. The number of hydrogen-bond donors (Lipinski definition) is 1. The van der Waals surface area contributed by atoms with Crippen molar-refractivity contribution in [3.8, 4) is 0 Å². The van der Waals surface area contributed by atoms with Gasteiger partial charge in [0, 0.05) is 18.1 Å². The largest absolute Gasteiger partial charge is 0.364 e. The molecule has 0 aliphatic heterocycles. The van der Waals surface area contributed by atoms with Crippen LogP contribution < -0.4 is 10.6 Å². The summed E-state index contributed by atoms with van der Waals surface area (Å²) in [4.78, 5) is 1.87. The van der Waals surface area contributed by atoms with Crippen LogP contribution in [0.25, 0.3) is 0 Å². The van der Waals surface area contributed by atoms with Crippen LogP contribution in [0.15, 0.2) is 53.0 Å². The molecule has 0 spiro atoms. The highest BCUT2D eigenvalue weighted by Crippen LogP contribution is 2.28. The summed E-state index contributed by atoms with van der Waals surface area (Å²) in [6.45, 7) is 0.418. The van der Waals surface area contributed by atoms with Crippen molar-refractivity contribution in [2.75, 3.05) is 18.5 Å². The number of para-hydroxylation sites is 1. The Kier molecular flexibility index (Phi) is 4.56. The van der Waals surface area contributed by atoms with Crippen molar-refractivity contribution in [2.45, 2.75) is 6.04 Å². The Balaban J connectivity index is 2.35. The van der Waals surface area contributed by atoms with Crippen LogP contribution in [-0.4, -0.2) is 13.6 Å². The molecular formula is C15H16BrFN2. The monoisotopic (exact) mass is 322 g/mol. The van der Waals surface area contributed by atoms with Gasteiger partial charge in [0.1, 0.15) is 5.82 Å². The zero-order valence-corrected chi connectivity index (χ0v) is 12.3. The summed E-state index contributed by atoms with van der Waals surface area (Å²) < 4.78 is 14.8. The second-order valence-electron chi connectivity index (χ2n) is 4.37. The first-order valence-corrected chi connectivity index (χ1v) is 6.85. The smallest absolute Gasteiger partial charge is 0.146 e. The molecule has 0 aliphatic rings. The first-order chi connectivity index (χ1) is 9.13. The molecule has 4 heteroatoms. The molecule has 100 valence electrons. The molecule has 2 rings (SSSR count). The van der Waals surface area contributed by atoms with Gasteiger partial charge in [-0.05, 0) is 29.8 Å². The lowest BCUT2D eigenvalue weighted by Gasteiger charge is -2.29. The van der Waals surface area contributed by atoms with Crippen molar-refractivity contribution >= 4 is 21.6 Å². The second kappa shape index (κ2) is 6.17. The molecule has 2 aromatic carbocycles. The predicted molar refractivity (Wildman–Crippen MR) is 80.7 cm³/mol.